The van der Waals surface area contributed by atoms with Crippen molar-refractivity contribution >= 4 is 44.8 Å². The molecule has 132 valence electrons. The van der Waals surface area contributed by atoms with Gasteiger partial charge in [-0.05, 0) is 49.2 Å². The monoisotopic (exact) mass is 398 g/mol. The molecule has 1 aliphatic heterocycles. The molecule has 0 unspecified atom stereocenters. The van der Waals surface area contributed by atoms with Crippen LogP contribution >= 0.6 is 23.2 Å². The molecule has 0 bridgehead atoms. The first-order valence-electron chi connectivity index (χ1n) is 7.74. The van der Waals surface area contributed by atoms with Gasteiger partial charge < -0.3 is 4.90 Å². The molecular formula is C17H16Cl2N2O3S. The van der Waals surface area contributed by atoms with E-state index in [1.807, 2.05) is 0 Å². The highest BCUT2D eigenvalue weighted by atomic mass is 35.5. The van der Waals surface area contributed by atoms with E-state index >= 15 is 0 Å². The number of nitrogens with one attached hydrogen (secondary N) is 1. The number of hydrogen-bond donors (Lipinski definition) is 1. The van der Waals surface area contributed by atoms with Crippen LogP contribution in [-0.4, -0.2) is 32.3 Å². The second kappa shape index (κ2) is 7.23. The summed E-state index contributed by atoms with van der Waals surface area (Å²) in [6, 6.07) is 10.5. The molecule has 1 aliphatic rings. The van der Waals surface area contributed by atoms with Crippen LogP contribution < -0.4 is 4.72 Å². The van der Waals surface area contributed by atoms with Gasteiger partial charge in [-0.3, -0.25) is 9.52 Å². The average Bonchev–Trinajstić information content (AvgIpc) is 3.11. The SMILES string of the molecule is O=C(c1cccc(S(=O)(=O)Nc2ccc(Cl)cc2Cl)c1)N1CCCC1. The Morgan fingerprint density at radius 3 is 2.44 bits per heavy atom. The minimum Gasteiger partial charge on any atom is -0.339 e. The summed E-state index contributed by atoms with van der Waals surface area (Å²) >= 11 is 11.8. The van der Waals surface area contributed by atoms with Crippen LogP contribution in [0.15, 0.2) is 47.4 Å². The lowest BCUT2D eigenvalue weighted by Gasteiger charge is -2.16. The lowest BCUT2D eigenvalue weighted by Crippen LogP contribution is -2.27. The number of amides is 1. The number of likely N-dealkylation sites (tertiary alicyclic amines) is 1. The van der Waals surface area contributed by atoms with Crippen molar-refractivity contribution < 1.29 is 13.2 Å². The van der Waals surface area contributed by atoms with E-state index in [2.05, 4.69) is 4.72 Å². The number of hydrogen-bond acceptors (Lipinski definition) is 3. The van der Waals surface area contributed by atoms with Gasteiger partial charge >= 0.3 is 0 Å². The van der Waals surface area contributed by atoms with E-state index < -0.39 is 10.0 Å². The highest BCUT2D eigenvalue weighted by Crippen LogP contribution is 2.28. The summed E-state index contributed by atoms with van der Waals surface area (Å²) in [5.74, 6) is -0.154. The molecule has 5 nitrogen and oxygen atoms in total. The van der Waals surface area contributed by atoms with Crippen molar-refractivity contribution in [2.45, 2.75) is 17.7 Å². The molecule has 0 aromatic heterocycles. The number of carbonyl (C=O) groups is 1. The Morgan fingerprint density at radius 2 is 1.76 bits per heavy atom. The molecule has 0 aliphatic carbocycles. The number of nitrogens with zero attached hydrogens (tertiary/aromatic N) is 1. The molecule has 1 heterocycles. The van der Waals surface area contributed by atoms with E-state index in [-0.39, 0.29) is 21.5 Å². The number of carbonyl (C=O) groups excluding carboxylic acids is 1. The highest BCUT2D eigenvalue weighted by molar-refractivity contribution is 7.92. The highest BCUT2D eigenvalue weighted by Gasteiger charge is 2.22. The second-order valence-electron chi connectivity index (χ2n) is 5.76. The van der Waals surface area contributed by atoms with E-state index in [1.54, 1.807) is 23.1 Å². The predicted octanol–water partition coefficient (Wildman–Crippen LogP) is 4.03. The Balaban J connectivity index is 1.87. The second-order valence-corrected chi connectivity index (χ2v) is 8.28. The van der Waals surface area contributed by atoms with Crippen LogP contribution in [0.25, 0.3) is 0 Å². The van der Waals surface area contributed by atoms with Crippen LogP contribution in [0.3, 0.4) is 0 Å². The van der Waals surface area contributed by atoms with Crippen molar-refractivity contribution in [3.63, 3.8) is 0 Å². The predicted molar refractivity (Wildman–Crippen MR) is 98.9 cm³/mol. The lowest BCUT2D eigenvalue weighted by molar-refractivity contribution is 0.0792. The summed E-state index contributed by atoms with van der Waals surface area (Å²) in [6.07, 6.45) is 1.95. The van der Waals surface area contributed by atoms with Gasteiger partial charge in [0.15, 0.2) is 0 Å². The van der Waals surface area contributed by atoms with Crippen molar-refractivity contribution in [3.05, 3.63) is 58.1 Å². The van der Waals surface area contributed by atoms with E-state index in [9.17, 15) is 13.2 Å². The maximum Gasteiger partial charge on any atom is 0.261 e. The van der Waals surface area contributed by atoms with Crippen molar-refractivity contribution in [3.8, 4) is 0 Å². The quantitative estimate of drug-likeness (QED) is 0.844. The summed E-state index contributed by atoms with van der Waals surface area (Å²) in [5.41, 5.74) is 0.578. The van der Waals surface area contributed by atoms with Crippen molar-refractivity contribution in [2.24, 2.45) is 0 Å². The number of rotatable bonds is 4. The maximum absolute atomic E-state index is 12.6. The third-order valence-electron chi connectivity index (χ3n) is 3.96. The lowest BCUT2D eigenvalue weighted by atomic mass is 10.2. The van der Waals surface area contributed by atoms with E-state index in [0.717, 1.165) is 12.8 Å². The van der Waals surface area contributed by atoms with Gasteiger partial charge in [-0.1, -0.05) is 29.3 Å². The van der Waals surface area contributed by atoms with Gasteiger partial charge in [-0.25, -0.2) is 8.42 Å². The first kappa shape index (κ1) is 18.0. The van der Waals surface area contributed by atoms with E-state index in [1.165, 1.54) is 24.3 Å². The minimum atomic E-state index is -3.88. The average molecular weight is 399 g/mol. The van der Waals surface area contributed by atoms with Gasteiger partial charge in [0.2, 0.25) is 0 Å². The normalized spacial score (nSPS) is 14.6. The largest absolute Gasteiger partial charge is 0.339 e. The molecule has 2 aromatic rings. The van der Waals surface area contributed by atoms with Gasteiger partial charge in [0.25, 0.3) is 15.9 Å². The van der Waals surface area contributed by atoms with Crippen molar-refractivity contribution in [2.75, 3.05) is 17.8 Å². The van der Waals surface area contributed by atoms with Gasteiger partial charge in [0.05, 0.1) is 15.6 Å². The molecule has 1 saturated heterocycles. The third-order valence-corrected chi connectivity index (χ3v) is 5.87. The Kier molecular flexibility index (Phi) is 5.22. The molecule has 25 heavy (non-hydrogen) atoms. The zero-order valence-electron chi connectivity index (χ0n) is 13.2. The molecule has 0 saturated carbocycles. The Morgan fingerprint density at radius 1 is 1.04 bits per heavy atom. The fraction of sp³-hybridized carbons (Fsp3) is 0.235. The van der Waals surface area contributed by atoms with Crippen molar-refractivity contribution in [1.82, 2.24) is 4.90 Å². The van der Waals surface area contributed by atoms with Gasteiger partial charge in [-0.2, -0.15) is 0 Å². The standard InChI is InChI=1S/C17H16Cl2N2O3S/c18-13-6-7-16(15(19)11-13)20-25(23,24)14-5-3-4-12(10-14)17(22)21-8-1-2-9-21/h3-7,10-11,20H,1-2,8-9H2. The van der Waals surface area contributed by atoms with Crippen LogP contribution in [0.2, 0.25) is 10.0 Å². The minimum absolute atomic E-state index is 0.00330. The van der Waals surface area contributed by atoms with Crippen LogP contribution in [0.4, 0.5) is 5.69 Å². The summed E-state index contributed by atoms with van der Waals surface area (Å²) < 4.78 is 27.6. The Hall–Kier alpha value is -1.76. The zero-order chi connectivity index (χ0) is 18.0. The summed E-state index contributed by atoms with van der Waals surface area (Å²) in [6.45, 7) is 1.41. The van der Waals surface area contributed by atoms with Crippen molar-refractivity contribution in [1.29, 1.82) is 0 Å². The fourth-order valence-corrected chi connectivity index (χ4v) is 4.31. The van der Waals surface area contributed by atoms with Crippen LogP contribution in [-0.2, 0) is 10.0 Å². The number of benzene rings is 2. The topological polar surface area (TPSA) is 66.5 Å². The zero-order valence-corrected chi connectivity index (χ0v) is 15.5. The van der Waals surface area contributed by atoms with Crippen LogP contribution in [0, 0.1) is 0 Å². The molecule has 1 N–H and O–H groups in total. The first-order valence-corrected chi connectivity index (χ1v) is 9.98. The number of anilines is 1. The first-order chi connectivity index (χ1) is 11.9. The summed E-state index contributed by atoms with van der Waals surface area (Å²) in [7, 11) is -3.88. The third kappa shape index (κ3) is 4.08. The summed E-state index contributed by atoms with van der Waals surface area (Å²) in [5, 5.41) is 0.603. The Labute approximate surface area is 156 Å². The molecule has 2 aromatic carbocycles. The number of halogens is 2. The molecule has 0 atom stereocenters. The van der Waals surface area contributed by atoms with Crippen LogP contribution in [0.5, 0.6) is 0 Å². The molecule has 1 amide bonds. The molecule has 0 radical (unpaired) electrons. The van der Waals surface area contributed by atoms with Gasteiger partial charge in [0, 0.05) is 23.7 Å². The van der Waals surface area contributed by atoms with Gasteiger partial charge in [0.1, 0.15) is 0 Å². The number of sulfonamides is 1. The molecule has 1 fully saturated rings. The summed E-state index contributed by atoms with van der Waals surface area (Å²) in [4.78, 5) is 14.2. The van der Waals surface area contributed by atoms with E-state index in [4.69, 9.17) is 23.2 Å². The van der Waals surface area contributed by atoms with E-state index in [0.29, 0.717) is 23.7 Å². The van der Waals surface area contributed by atoms with Gasteiger partial charge in [-0.15, -0.1) is 0 Å². The molecule has 0 spiro atoms. The molecule has 3 rings (SSSR count). The maximum atomic E-state index is 12.6. The fourth-order valence-electron chi connectivity index (χ4n) is 2.68. The smallest absolute Gasteiger partial charge is 0.261 e. The van der Waals surface area contributed by atoms with Crippen LogP contribution in [0.1, 0.15) is 23.2 Å². The molecular weight excluding hydrogens is 383 g/mol. The molecule has 8 heteroatoms. The Bertz CT molecular complexity index is 910.